The van der Waals surface area contributed by atoms with Crippen LogP contribution in [0.25, 0.3) is 12.2 Å². The first-order valence-electron chi connectivity index (χ1n) is 8.74. The van der Waals surface area contributed by atoms with Crippen LogP contribution in [0.15, 0.2) is 57.0 Å². The molecule has 146 valence electrons. The minimum Gasteiger partial charge on any atom is -0.301 e. The summed E-state index contributed by atoms with van der Waals surface area (Å²) in [7, 11) is 0. The molecule has 0 radical (unpaired) electrons. The highest BCUT2D eigenvalue weighted by atomic mass is 16.6. The van der Waals surface area contributed by atoms with Crippen molar-refractivity contribution in [2.75, 3.05) is 0 Å². The number of benzene rings is 2. The Labute approximate surface area is 165 Å². The van der Waals surface area contributed by atoms with E-state index in [-0.39, 0.29) is 5.69 Å². The second-order valence-corrected chi connectivity index (χ2v) is 6.48. The highest BCUT2D eigenvalue weighted by Crippen LogP contribution is 2.20. The predicted octanol–water partition coefficient (Wildman–Crippen LogP) is 3.51. The van der Waals surface area contributed by atoms with Gasteiger partial charge >= 0.3 is 16.9 Å². The number of nitrogens with zero attached hydrogens (tertiary/aromatic N) is 2. The molecule has 2 N–H and O–H groups in total. The van der Waals surface area contributed by atoms with Crippen LogP contribution in [-0.4, -0.2) is 21.1 Å². The molecule has 0 aliphatic rings. The van der Waals surface area contributed by atoms with E-state index in [9.17, 15) is 19.7 Å². The van der Waals surface area contributed by atoms with Gasteiger partial charge in [0.1, 0.15) is 5.69 Å². The van der Waals surface area contributed by atoms with Gasteiger partial charge in [0.15, 0.2) is 0 Å². The molecular weight excluding hydrogens is 372 g/mol. The molecule has 2 aromatic carbocycles. The van der Waals surface area contributed by atoms with Crippen LogP contribution in [0.1, 0.15) is 27.9 Å². The number of nitro groups is 1. The Balaban J connectivity index is 1.82. The summed E-state index contributed by atoms with van der Waals surface area (Å²) in [6.45, 7) is 4.01. The van der Waals surface area contributed by atoms with Crippen molar-refractivity contribution in [1.29, 1.82) is 0 Å². The molecule has 0 saturated heterocycles. The quantitative estimate of drug-likeness (QED) is 0.393. The Morgan fingerprint density at radius 3 is 2.34 bits per heavy atom. The van der Waals surface area contributed by atoms with E-state index in [1.807, 2.05) is 49.2 Å². The molecule has 0 bridgehead atoms. The fourth-order valence-corrected chi connectivity index (χ4v) is 2.67. The van der Waals surface area contributed by atoms with Gasteiger partial charge in [-0.25, -0.2) is 4.79 Å². The van der Waals surface area contributed by atoms with Crippen molar-refractivity contribution in [3.63, 3.8) is 0 Å². The summed E-state index contributed by atoms with van der Waals surface area (Å²) in [4.78, 5) is 41.9. The van der Waals surface area contributed by atoms with Crippen LogP contribution >= 0.6 is 0 Å². The molecule has 8 heteroatoms. The third-order valence-electron chi connectivity index (χ3n) is 4.22. The highest BCUT2D eigenvalue weighted by molar-refractivity contribution is 5.83. The number of hydrogen-bond donors (Lipinski definition) is 2. The van der Waals surface area contributed by atoms with Gasteiger partial charge in [-0.05, 0) is 48.2 Å². The lowest BCUT2D eigenvalue weighted by atomic mass is 10.1. The van der Waals surface area contributed by atoms with Crippen molar-refractivity contribution in [1.82, 2.24) is 9.97 Å². The molecule has 0 aliphatic carbocycles. The van der Waals surface area contributed by atoms with Gasteiger partial charge in [0.05, 0.1) is 10.6 Å². The summed E-state index contributed by atoms with van der Waals surface area (Å²) < 4.78 is 0. The molecule has 0 unspecified atom stereocenters. The Bertz CT molecular complexity index is 1230. The number of rotatable bonds is 5. The molecule has 0 atom stereocenters. The van der Waals surface area contributed by atoms with E-state index in [4.69, 9.17) is 0 Å². The predicted molar refractivity (Wildman–Crippen MR) is 113 cm³/mol. The lowest BCUT2D eigenvalue weighted by molar-refractivity contribution is -0.386. The average Bonchev–Trinajstić information content (AvgIpc) is 2.67. The lowest BCUT2D eigenvalue weighted by Gasteiger charge is -2.01. The van der Waals surface area contributed by atoms with E-state index in [2.05, 4.69) is 9.98 Å². The second kappa shape index (κ2) is 8.30. The maximum Gasteiger partial charge on any atom is 0.357 e. The van der Waals surface area contributed by atoms with E-state index >= 15 is 0 Å². The van der Waals surface area contributed by atoms with Gasteiger partial charge < -0.3 is 4.98 Å². The number of aromatic amines is 2. The normalized spacial score (nSPS) is 11.4. The number of aliphatic imine (C=N–C) groups is 1. The highest BCUT2D eigenvalue weighted by Gasteiger charge is 2.18. The van der Waals surface area contributed by atoms with Crippen molar-refractivity contribution in [3.05, 3.63) is 101 Å². The molecule has 0 aliphatic heterocycles. The zero-order valence-corrected chi connectivity index (χ0v) is 15.8. The first-order valence-corrected chi connectivity index (χ1v) is 8.74. The molecular formula is C21H18N4O4. The maximum atomic E-state index is 11.6. The number of aromatic nitrogens is 2. The summed E-state index contributed by atoms with van der Waals surface area (Å²) in [6, 6.07) is 13.4. The molecule has 0 fully saturated rings. The van der Waals surface area contributed by atoms with Crippen LogP contribution in [-0.2, 0) is 0 Å². The molecule has 3 aromatic rings. The van der Waals surface area contributed by atoms with Gasteiger partial charge in [-0.3, -0.25) is 24.9 Å². The third-order valence-corrected chi connectivity index (χ3v) is 4.22. The van der Waals surface area contributed by atoms with E-state index in [0.717, 1.165) is 27.9 Å². The van der Waals surface area contributed by atoms with Crippen molar-refractivity contribution < 1.29 is 4.92 Å². The largest absolute Gasteiger partial charge is 0.357 e. The first kappa shape index (κ1) is 19.7. The Morgan fingerprint density at radius 1 is 0.966 bits per heavy atom. The summed E-state index contributed by atoms with van der Waals surface area (Å²) in [6.07, 6.45) is 4.66. The van der Waals surface area contributed by atoms with E-state index < -0.39 is 21.9 Å². The topological polar surface area (TPSA) is 121 Å². The molecule has 0 saturated carbocycles. The van der Waals surface area contributed by atoms with Gasteiger partial charge in [0, 0.05) is 6.21 Å². The maximum absolute atomic E-state index is 11.6. The van der Waals surface area contributed by atoms with E-state index in [1.165, 1.54) is 6.08 Å². The molecule has 8 nitrogen and oxygen atoms in total. The lowest BCUT2D eigenvalue weighted by Crippen LogP contribution is -2.25. The zero-order valence-electron chi connectivity index (χ0n) is 15.8. The van der Waals surface area contributed by atoms with Gasteiger partial charge in [0.2, 0.25) is 0 Å². The molecule has 0 amide bonds. The Morgan fingerprint density at radius 2 is 1.66 bits per heavy atom. The summed E-state index contributed by atoms with van der Waals surface area (Å²) in [5.41, 5.74) is 2.02. The molecule has 0 spiro atoms. The Kier molecular flexibility index (Phi) is 5.64. The van der Waals surface area contributed by atoms with Crippen LogP contribution < -0.4 is 11.2 Å². The van der Waals surface area contributed by atoms with Crippen LogP contribution in [0.2, 0.25) is 0 Å². The SMILES string of the molecule is Cc1ccc(C)c(N=Cc2ccc(/C=C/c3[nH]c(=O)[nH]c(=O)c3[N+](=O)[O-])cc2)c1. The fourth-order valence-electron chi connectivity index (χ4n) is 2.67. The number of H-pyrrole nitrogens is 2. The van der Waals surface area contributed by atoms with Crippen molar-refractivity contribution >= 4 is 29.7 Å². The second-order valence-electron chi connectivity index (χ2n) is 6.48. The van der Waals surface area contributed by atoms with Gasteiger partial charge in [-0.1, -0.05) is 42.5 Å². The van der Waals surface area contributed by atoms with Crippen molar-refractivity contribution in [2.24, 2.45) is 4.99 Å². The molecule has 3 rings (SSSR count). The minimum atomic E-state index is -1.04. The van der Waals surface area contributed by atoms with E-state index in [1.54, 1.807) is 24.4 Å². The summed E-state index contributed by atoms with van der Waals surface area (Å²) in [5.74, 6) is 0. The van der Waals surface area contributed by atoms with Crippen molar-refractivity contribution in [3.8, 4) is 0 Å². The van der Waals surface area contributed by atoms with Gasteiger partial charge in [0.25, 0.3) is 0 Å². The standard InChI is InChI=1S/C21H18N4O4/c1-13-3-4-14(2)18(11-13)22-12-16-7-5-15(6-8-16)9-10-17-19(25(28)29)20(26)24-21(27)23-17/h3-12H,1-2H3,(H2,23,24,26,27)/b10-9+,22-12?. The van der Waals surface area contributed by atoms with E-state index in [0.29, 0.717) is 0 Å². The Hall–Kier alpha value is -4.07. The van der Waals surface area contributed by atoms with Crippen molar-refractivity contribution in [2.45, 2.75) is 13.8 Å². The van der Waals surface area contributed by atoms with Crippen LogP contribution in [0.3, 0.4) is 0 Å². The summed E-state index contributed by atoms with van der Waals surface area (Å²) in [5, 5.41) is 11.1. The minimum absolute atomic E-state index is 0.163. The number of hydrogen-bond acceptors (Lipinski definition) is 5. The zero-order chi connectivity index (χ0) is 21.0. The fraction of sp³-hybridized carbons (Fsp3) is 0.0952. The third kappa shape index (κ3) is 4.81. The van der Waals surface area contributed by atoms with Crippen LogP contribution in [0.4, 0.5) is 11.4 Å². The average molecular weight is 390 g/mol. The molecule has 29 heavy (non-hydrogen) atoms. The molecule has 1 heterocycles. The van der Waals surface area contributed by atoms with Gasteiger partial charge in [-0.2, -0.15) is 0 Å². The smallest absolute Gasteiger partial charge is 0.301 e. The first-order chi connectivity index (χ1) is 13.8. The number of nitrogens with one attached hydrogen (secondary N) is 2. The van der Waals surface area contributed by atoms with Crippen LogP contribution in [0.5, 0.6) is 0 Å². The van der Waals surface area contributed by atoms with Gasteiger partial charge in [-0.15, -0.1) is 0 Å². The molecule has 1 aromatic heterocycles. The van der Waals surface area contributed by atoms with Crippen LogP contribution in [0, 0.1) is 24.0 Å². The summed E-state index contributed by atoms with van der Waals surface area (Å²) >= 11 is 0. The number of aryl methyl sites for hydroxylation is 2. The monoisotopic (exact) mass is 390 g/mol.